The number of aryl methyl sites for hydroxylation is 1. The molecule has 0 amide bonds. The molecule has 0 spiro atoms. The summed E-state index contributed by atoms with van der Waals surface area (Å²) < 4.78 is 29.0. The Hall–Kier alpha value is -3.46. The van der Waals surface area contributed by atoms with E-state index in [1.54, 1.807) is 28.8 Å². The van der Waals surface area contributed by atoms with E-state index in [-0.39, 0.29) is 23.1 Å². The number of nitrogens with two attached hydrogens (primary N) is 1. The van der Waals surface area contributed by atoms with Crippen molar-refractivity contribution in [2.45, 2.75) is 38.3 Å². The number of benzene rings is 1. The molecule has 9 nitrogen and oxygen atoms in total. The summed E-state index contributed by atoms with van der Waals surface area (Å²) in [6.07, 6.45) is 1.81. The topological polar surface area (TPSA) is 111 Å². The normalized spacial score (nSPS) is 19.6. The molecule has 3 heterocycles. The monoisotopic (exact) mass is 456 g/mol. The van der Waals surface area contributed by atoms with Gasteiger partial charge in [-0.15, -0.1) is 0 Å². The number of methoxy groups -OCH3 is 3. The molecule has 176 valence electrons. The summed E-state index contributed by atoms with van der Waals surface area (Å²) in [5.74, 6) is -0.313. The van der Waals surface area contributed by atoms with Crippen LogP contribution in [0.25, 0.3) is 0 Å². The molecule has 1 aromatic heterocycles. The Balaban J connectivity index is 1.93. The number of fused-ring (bicyclic) bond motifs is 1. The van der Waals surface area contributed by atoms with Crippen molar-refractivity contribution < 1.29 is 28.5 Å². The van der Waals surface area contributed by atoms with Crippen LogP contribution in [-0.4, -0.2) is 44.6 Å². The maximum absolute atomic E-state index is 13.8. The van der Waals surface area contributed by atoms with Crippen LogP contribution >= 0.6 is 0 Å². The molecule has 2 atom stereocenters. The number of nitrogens with zero attached hydrogens (tertiary/aromatic N) is 1. The maximum Gasteiger partial charge on any atom is 0.340 e. The summed E-state index contributed by atoms with van der Waals surface area (Å²) in [5, 5.41) is 0. The number of hydrogen-bond acceptors (Lipinski definition) is 8. The van der Waals surface area contributed by atoms with Crippen LogP contribution < -0.4 is 25.5 Å². The number of rotatable bonds is 6. The molecule has 2 N–H and O–H groups in total. The molecule has 0 bridgehead atoms. The highest BCUT2D eigenvalue weighted by molar-refractivity contribution is 5.92. The zero-order chi connectivity index (χ0) is 23.7. The number of carbonyl (C=O) groups is 1. The highest BCUT2D eigenvalue weighted by atomic mass is 16.5. The van der Waals surface area contributed by atoms with Crippen molar-refractivity contribution in [2.24, 2.45) is 5.73 Å². The summed E-state index contributed by atoms with van der Waals surface area (Å²) in [7, 11) is 4.31. The molecule has 0 saturated carbocycles. The lowest BCUT2D eigenvalue weighted by atomic mass is 9.83. The Morgan fingerprint density at radius 3 is 2.58 bits per heavy atom. The fourth-order valence-electron chi connectivity index (χ4n) is 4.48. The van der Waals surface area contributed by atoms with Gasteiger partial charge in [-0.3, -0.25) is 4.79 Å². The third kappa shape index (κ3) is 4.04. The average Bonchev–Trinajstić information content (AvgIpc) is 3.33. The van der Waals surface area contributed by atoms with Crippen molar-refractivity contribution >= 4 is 5.97 Å². The van der Waals surface area contributed by atoms with E-state index >= 15 is 0 Å². The van der Waals surface area contributed by atoms with Gasteiger partial charge in [-0.1, -0.05) is 6.07 Å². The minimum atomic E-state index is -0.815. The largest absolute Gasteiger partial charge is 0.493 e. The maximum atomic E-state index is 13.8. The summed E-state index contributed by atoms with van der Waals surface area (Å²) >= 11 is 0. The summed E-state index contributed by atoms with van der Waals surface area (Å²) in [6.45, 7) is 2.94. The van der Waals surface area contributed by atoms with Gasteiger partial charge in [0.15, 0.2) is 11.5 Å². The molecule has 1 fully saturated rings. The SMILES string of the molecule is COC(=O)C1=C(N)Oc2cc(C)n(CC3CCCO3)c(=O)c2C1c1ccc(OC)c(OC)c1. The lowest BCUT2D eigenvalue weighted by Crippen LogP contribution is -2.36. The summed E-state index contributed by atoms with van der Waals surface area (Å²) in [5.41, 5.74) is 7.59. The third-order valence-electron chi connectivity index (χ3n) is 6.13. The second-order valence-corrected chi connectivity index (χ2v) is 8.03. The van der Waals surface area contributed by atoms with Gasteiger partial charge in [0.25, 0.3) is 5.56 Å². The van der Waals surface area contributed by atoms with E-state index in [0.29, 0.717) is 41.5 Å². The van der Waals surface area contributed by atoms with Crippen molar-refractivity contribution in [3.8, 4) is 17.2 Å². The van der Waals surface area contributed by atoms with E-state index in [1.165, 1.54) is 21.3 Å². The first-order valence-corrected chi connectivity index (χ1v) is 10.7. The Kier molecular flexibility index (Phi) is 6.33. The molecule has 2 unspecified atom stereocenters. The standard InChI is InChI=1S/C24H28N2O7/c1-13-10-18-20(23(27)26(13)12-15-6-5-9-32-15)19(21(22(25)33-18)24(28)31-4)14-7-8-16(29-2)17(11-14)30-3/h7-8,10-11,15,19H,5-6,9,12,25H2,1-4H3. The summed E-state index contributed by atoms with van der Waals surface area (Å²) in [6, 6.07) is 6.97. The smallest absolute Gasteiger partial charge is 0.340 e. The number of ether oxygens (including phenoxy) is 5. The number of aromatic nitrogens is 1. The zero-order valence-corrected chi connectivity index (χ0v) is 19.2. The summed E-state index contributed by atoms with van der Waals surface area (Å²) in [4.78, 5) is 26.6. The second kappa shape index (κ2) is 9.19. The molecule has 33 heavy (non-hydrogen) atoms. The molecular weight excluding hydrogens is 428 g/mol. The van der Waals surface area contributed by atoms with Gasteiger partial charge in [0.05, 0.1) is 45.5 Å². The third-order valence-corrected chi connectivity index (χ3v) is 6.13. The Labute approximate surface area is 191 Å². The van der Waals surface area contributed by atoms with Gasteiger partial charge in [0, 0.05) is 18.4 Å². The Morgan fingerprint density at radius 1 is 1.18 bits per heavy atom. The van der Waals surface area contributed by atoms with E-state index in [0.717, 1.165) is 18.5 Å². The van der Waals surface area contributed by atoms with Crippen molar-refractivity contribution in [1.82, 2.24) is 4.57 Å². The van der Waals surface area contributed by atoms with Gasteiger partial charge in [-0.25, -0.2) is 4.79 Å². The van der Waals surface area contributed by atoms with E-state index in [2.05, 4.69) is 0 Å². The van der Waals surface area contributed by atoms with Gasteiger partial charge in [-0.2, -0.15) is 0 Å². The fourth-order valence-corrected chi connectivity index (χ4v) is 4.48. The Bertz CT molecular complexity index is 1160. The van der Waals surface area contributed by atoms with Gasteiger partial charge in [0.1, 0.15) is 11.3 Å². The quantitative estimate of drug-likeness (QED) is 0.659. The fraction of sp³-hybridized carbons (Fsp3) is 0.417. The lowest BCUT2D eigenvalue weighted by molar-refractivity contribution is -0.136. The van der Waals surface area contributed by atoms with Crippen molar-refractivity contribution in [3.05, 3.63) is 62.9 Å². The minimum absolute atomic E-state index is 0.0378. The van der Waals surface area contributed by atoms with Crippen LogP contribution in [0.1, 0.15) is 35.6 Å². The molecule has 1 aromatic carbocycles. The van der Waals surface area contributed by atoms with Crippen molar-refractivity contribution in [3.63, 3.8) is 0 Å². The molecule has 4 rings (SSSR count). The Morgan fingerprint density at radius 2 is 1.94 bits per heavy atom. The van der Waals surface area contributed by atoms with Gasteiger partial charge >= 0.3 is 5.97 Å². The van der Waals surface area contributed by atoms with Crippen LogP contribution in [0.3, 0.4) is 0 Å². The van der Waals surface area contributed by atoms with Crippen LogP contribution in [0, 0.1) is 6.92 Å². The molecule has 9 heteroatoms. The molecule has 0 radical (unpaired) electrons. The van der Waals surface area contributed by atoms with Crippen LogP contribution in [-0.2, 0) is 20.8 Å². The van der Waals surface area contributed by atoms with Gasteiger partial charge in [0.2, 0.25) is 5.88 Å². The minimum Gasteiger partial charge on any atom is -0.493 e. The highest BCUT2D eigenvalue weighted by Crippen LogP contribution is 2.43. The molecule has 1 saturated heterocycles. The molecule has 0 aliphatic carbocycles. The first kappa shape index (κ1) is 22.7. The van der Waals surface area contributed by atoms with Crippen LogP contribution in [0.5, 0.6) is 17.2 Å². The molecular formula is C24H28N2O7. The van der Waals surface area contributed by atoms with Crippen molar-refractivity contribution in [1.29, 1.82) is 0 Å². The van der Waals surface area contributed by atoms with E-state index in [1.807, 2.05) is 6.92 Å². The second-order valence-electron chi connectivity index (χ2n) is 8.03. The van der Waals surface area contributed by atoms with Crippen LogP contribution in [0.2, 0.25) is 0 Å². The predicted octanol–water partition coefficient (Wildman–Crippen LogP) is 2.22. The van der Waals surface area contributed by atoms with Crippen molar-refractivity contribution in [2.75, 3.05) is 27.9 Å². The average molecular weight is 456 g/mol. The van der Waals surface area contributed by atoms with Crippen LogP contribution in [0.15, 0.2) is 40.5 Å². The van der Waals surface area contributed by atoms with E-state index in [4.69, 9.17) is 29.4 Å². The van der Waals surface area contributed by atoms with E-state index in [9.17, 15) is 9.59 Å². The number of pyridine rings is 1. The predicted molar refractivity (Wildman–Crippen MR) is 120 cm³/mol. The molecule has 2 aliphatic rings. The van der Waals surface area contributed by atoms with E-state index < -0.39 is 11.9 Å². The number of esters is 1. The first-order chi connectivity index (χ1) is 15.9. The first-order valence-electron chi connectivity index (χ1n) is 10.7. The lowest BCUT2D eigenvalue weighted by Gasteiger charge is -2.29. The number of hydrogen-bond donors (Lipinski definition) is 1. The van der Waals surface area contributed by atoms with Gasteiger partial charge in [-0.05, 0) is 37.5 Å². The molecule has 2 aromatic rings. The van der Waals surface area contributed by atoms with Gasteiger partial charge < -0.3 is 34.0 Å². The van der Waals surface area contributed by atoms with Crippen LogP contribution in [0.4, 0.5) is 0 Å². The number of carbonyl (C=O) groups excluding carboxylic acids is 1. The highest BCUT2D eigenvalue weighted by Gasteiger charge is 2.39. The molecule has 2 aliphatic heterocycles. The zero-order valence-electron chi connectivity index (χ0n) is 19.2.